The zero-order valence-corrected chi connectivity index (χ0v) is 23.1. The van der Waals surface area contributed by atoms with Gasteiger partial charge in [-0.1, -0.05) is 58.9 Å². The molecular formula is C27H42N4O3S. The molecule has 1 aliphatic heterocycles. The fraction of sp³-hybridized carbons (Fsp3) is 0.556. The number of hydrogen-bond donors (Lipinski definition) is 2. The molecule has 2 heterocycles. The molecule has 1 atom stereocenters. The highest BCUT2D eigenvalue weighted by atomic mass is 32.1. The molecule has 3 amide bonds. The maximum absolute atomic E-state index is 11.7. The van der Waals surface area contributed by atoms with Gasteiger partial charge in [0.2, 0.25) is 18.2 Å². The van der Waals surface area contributed by atoms with Crippen LogP contribution >= 0.6 is 11.3 Å². The minimum Gasteiger partial charge on any atom is -0.355 e. The van der Waals surface area contributed by atoms with Crippen LogP contribution < -0.4 is 10.6 Å². The average molecular weight is 503 g/mol. The van der Waals surface area contributed by atoms with Crippen LogP contribution in [0.4, 0.5) is 0 Å². The van der Waals surface area contributed by atoms with Crippen molar-refractivity contribution in [3.63, 3.8) is 0 Å². The molecular weight excluding hydrogens is 460 g/mol. The minimum absolute atomic E-state index is 0.0361. The van der Waals surface area contributed by atoms with E-state index in [1.807, 2.05) is 43.3 Å². The topological polar surface area (TPSA) is 91.4 Å². The Morgan fingerprint density at radius 3 is 2.26 bits per heavy atom. The van der Waals surface area contributed by atoms with Crippen molar-refractivity contribution in [1.82, 2.24) is 20.5 Å². The molecule has 1 saturated heterocycles. The number of carbonyl (C=O) groups is 3. The Hall–Kier alpha value is -2.74. The molecule has 8 heteroatoms. The fourth-order valence-electron chi connectivity index (χ4n) is 3.28. The monoisotopic (exact) mass is 502 g/mol. The van der Waals surface area contributed by atoms with Gasteiger partial charge in [-0.2, -0.15) is 0 Å². The number of benzene rings is 1. The molecule has 1 unspecified atom stereocenters. The van der Waals surface area contributed by atoms with Crippen LogP contribution in [0.25, 0.3) is 10.4 Å². The van der Waals surface area contributed by atoms with Gasteiger partial charge in [0, 0.05) is 25.0 Å². The van der Waals surface area contributed by atoms with Crippen molar-refractivity contribution in [2.24, 2.45) is 11.8 Å². The summed E-state index contributed by atoms with van der Waals surface area (Å²) in [5.41, 5.74) is 5.18. The molecule has 1 aliphatic rings. The lowest BCUT2D eigenvalue weighted by molar-refractivity contribution is -0.134. The van der Waals surface area contributed by atoms with Crippen LogP contribution in [0.5, 0.6) is 0 Å². The summed E-state index contributed by atoms with van der Waals surface area (Å²) in [4.78, 5) is 40.4. The Morgan fingerprint density at radius 1 is 1.17 bits per heavy atom. The molecule has 0 bridgehead atoms. The molecule has 0 spiro atoms. The van der Waals surface area contributed by atoms with E-state index in [0.29, 0.717) is 19.0 Å². The van der Waals surface area contributed by atoms with Crippen molar-refractivity contribution in [3.8, 4) is 10.4 Å². The van der Waals surface area contributed by atoms with Crippen molar-refractivity contribution in [2.75, 3.05) is 13.1 Å². The lowest BCUT2D eigenvalue weighted by Gasteiger charge is -2.21. The predicted octanol–water partition coefficient (Wildman–Crippen LogP) is 4.80. The van der Waals surface area contributed by atoms with Gasteiger partial charge in [-0.25, -0.2) is 4.98 Å². The molecule has 2 aromatic rings. The number of aryl methyl sites for hydroxylation is 1. The number of likely N-dealkylation sites (tertiary alicyclic amines) is 1. The first-order valence-corrected chi connectivity index (χ1v) is 13.2. The molecule has 2 N–H and O–H groups in total. The average Bonchev–Trinajstić information content (AvgIpc) is 3.44. The summed E-state index contributed by atoms with van der Waals surface area (Å²) in [7, 11) is 0. The zero-order chi connectivity index (χ0) is 26.4. The van der Waals surface area contributed by atoms with Gasteiger partial charge in [0.05, 0.1) is 22.6 Å². The summed E-state index contributed by atoms with van der Waals surface area (Å²) in [6, 6.07) is 8.48. The lowest BCUT2D eigenvalue weighted by atomic mass is 10.1. The first-order chi connectivity index (χ1) is 16.6. The van der Waals surface area contributed by atoms with Gasteiger partial charge in [0.15, 0.2) is 0 Å². The maximum atomic E-state index is 11.7. The summed E-state index contributed by atoms with van der Waals surface area (Å²) < 4.78 is 0. The van der Waals surface area contributed by atoms with Crippen LogP contribution in [0, 0.1) is 18.8 Å². The lowest BCUT2D eigenvalue weighted by Crippen LogP contribution is -2.42. The van der Waals surface area contributed by atoms with Gasteiger partial charge in [0.25, 0.3) is 0 Å². The van der Waals surface area contributed by atoms with Crippen molar-refractivity contribution in [3.05, 3.63) is 41.0 Å². The highest BCUT2D eigenvalue weighted by Gasteiger charge is 2.25. The number of nitrogens with one attached hydrogen (secondary N) is 2. The van der Waals surface area contributed by atoms with E-state index in [9.17, 15) is 14.4 Å². The standard InChI is InChI=1S/C12H12N2OS.C11H20N2O2.C4H10/c1-9-12(16-8-14-9)11-4-2-10(3-5-11)6-13-7-15;1-8(2)11(15)12-7-10(14)13-6-4-5-9(13)3;1-4(2)3/h2-5,7-8H,6H2,1H3,(H,13,15);8-9H,4-7H2,1-3H3,(H,12,15);4H,1-3H3. The smallest absolute Gasteiger partial charge is 0.242 e. The third-order valence-electron chi connectivity index (χ3n) is 5.16. The van der Waals surface area contributed by atoms with E-state index in [-0.39, 0.29) is 24.3 Å². The molecule has 0 aliphatic carbocycles. The Labute approximate surface area is 214 Å². The maximum Gasteiger partial charge on any atom is 0.242 e. The Morgan fingerprint density at radius 2 is 1.80 bits per heavy atom. The Kier molecular flexibility index (Phi) is 13.9. The largest absolute Gasteiger partial charge is 0.355 e. The van der Waals surface area contributed by atoms with E-state index in [4.69, 9.17) is 0 Å². The second kappa shape index (κ2) is 16.0. The molecule has 1 aromatic carbocycles. The number of amides is 3. The van der Waals surface area contributed by atoms with Crippen LogP contribution in [0.2, 0.25) is 0 Å². The van der Waals surface area contributed by atoms with E-state index in [1.165, 1.54) is 10.4 Å². The van der Waals surface area contributed by atoms with Crippen molar-refractivity contribution in [1.29, 1.82) is 0 Å². The predicted molar refractivity (Wildman–Crippen MR) is 144 cm³/mol. The van der Waals surface area contributed by atoms with Gasteiger partial charge in [-0.05, 0) is 43.7 Å². The van der Waals surface area contributed by atoms with Gasteiger partial charge in [-0.15, -0.1) is 11.3 Å². The van der Waals surface area contributed by atoms with E-state index in [1.54, 1.807) is 11.3 Å². The van der Waals surface area contributed by atoms with Crippen LogP contribution in [-0.4, -0.2) is 47.2 Å². The molecule has 7 nitrogen and oxygen atoms in total. The van der Waals surface area contributed by atoms with Crippen LogP contribution in [-0.2, 0) is 20.9 Å². The molecule has 3 rings (SSSR count). The number of nitrogens with zero attached hydrogens (tertiary/aromatic N) is 2. The number of rotatable bonds is 7. The Bertz CT molecular complexity index is 907. The molecule has 0 saturated carbocycles. The molecule has 194 valence electrons. The van der Waals surface area contributed by atoms with Crippen molar-refractivity contribution < 1.29 is 14.4 Å². The SMILES string of the molecule is CC(C)C.CC(C)C(=O)NCC(=O)N1CCCC1C.Cc1ncsc1-c1ccc(CNC=O)cc1. The molecule has 1 fully saturated rings. The first kappa shape index (κ1) is 30.3. The second-order valence-electron chi connectivity index (χ2n) is 9.65. The molecule has 1 aromatic heterocycles. The quantitative estimate of drug-likeness (QED) is 0.532. The van der Waals surface area contributed by atoms with E-state index < -0.39 is 0 Å². The van der Waals surface area contributed by atoms with E-state index in [0.717, 1.165) is 36.6 Å². The number of carbonyl (C=O) groups excluding carboxylic acids is 3. The second-order valence-corrected chi connectivity index (χ2v) is 10.5. The van der Waals surface area contributed by atoms with E-state index in [2.05, 4.69) is 55.4 Å². The normalized spacial score (nSPS) is 14.5. The van der Waals surface area contributed by atoms with Gasteiger partial charge >= 0.3 is 0 Å². The molecule has 35 heavy (non-hydrogen) atoms. The first-order valence-electron chi connectivity index (χ1n) is 12.3. The van der Waals surface area contributed by atoms with Crippen LogP contribution in [0.15, 0.2) is 29.8 Å². The summed E-state index contributed by atoms with van der Waals surface area (Å²) in [5.74, 6) is 0.748. The summed E-state index contributed by atoms with van der Waals surface area (Å²) in [5, 5.41) is 5.29. The zero-order valence-electron chi connectivity index (χ0n) is 22.3. The van der Waals surface area contributed by atoms with Crippen molar-refractivity contribution in [2.45, 2.75) is 73.9 Å². The van der Waals surface area contributed by atoms with E-state index >= 15 is 0 Å². The minimum atomic E-state index is -0.0613. The third-order valence-corrected chi connectivity index (χ3v) is 6.14. The van der Waals surface area contributed by atoms with Crippen LogP contribution in [0.3, 0.4) is 0 Å². The third kappa shape index (κ3) is 11.5. The Balaban J connectivity index is 0.000000305. The highest BCUT2D eigenvalue weighted by molar-refractivity contribution is 7.13. The highest BCUT2D eigenvalue weighted by Crippen LogP contribution is 2.27. The number of hydrogen-bond acceptors (Lipinski definition) is 5. The fourth-order valence-corrected chi connectivity index (χ4v) is 4.10. The number of aromatic nitrogens is 1. The van der Waals surface area contributed by atoms with Gasteiger partial charge in [0.1, 0.15) is 0 Å². The number of thiazole rings is 1. The molecule has 0 radical (unpaired) electrons. The van der Waals surface area contributed by atoms with Crippen molar-refractivity contribution >= 4 is 29.6 Å². The van der Waals surface area contributed by atoms with Gasteiger partial charge in [-0.3, -0.25) is 14.4 Å². The summed E-state index contributed by atoms with van der Waals surface area (Å²) in [6.07, 6.45) is 2.86. The van der Waals surface area contributed by atoms with Gasteiger partial charge < -0.3 is 15.5 Å². The summed E-state index contributed by atoms with van der Waals surface area (Å²) >= 11 is 1.64. The van der Waals surface area contributed by atoms with Crippen LogP contribution in [0.1, 0.15) is 65.6 Å². The summed E-state index contributed by atoms with van der Waals surface area (Å²) in [6.45, 7) is 15.7.